The molecule has 5 nitrogen and oxygen atoms in total. The van der Waals surface area contributed by atoms with Gasteiger partial charge in [0.1, 0.15) is 17.4 Å². The van der Waals surface area contributed by atoms with Crippen LogP contribution in [-0.2, 0) is 4.79 Å². The number of nitrogens with zero attached hydrogens (tertiary/aromatic N) is 3. The van der Waals surface area contributed by atoms with Crippen molar-refractivity contribution < 1.29 is 18.3 Å². The number of imidazole rings is 1. The Hall–Kier alpha value is -3.74. The van der Waals surface area contributed by atoms with Crippen LogP contribution in [0.15, 0.2) is 61.1 Å². The number of likely N-dealkylation sites (tertiary alicyclic amines) is 1. The number of benzene rings is 2. The summed E-state index contributed by atoms with van der Waals surface area (Å²) in [5.41, 5.74) is 3.68. The van der Waals surface area contributed by atoms with Crippen LogP contribution in [0.3, 0.4) is 0 Å². The number of hydrogen-bond donors (Lipinski definition) is 0. The van der Waals surface area contributed by atoms with E-state index in [1.165, 1.54) is 17.0 Å². The van der Waals surface area contributed by atoms with Crippen molar-refractivity contribution in [2.75, 3.05) is 13.7 Å². The second-order valence-electron chi connectivity index (χ2n) is 7.69. The quantitative estimate of drug-likeness (QED) is 0.521. The first-order valence-electron chi connectivity index (χ1n) is 10.2. The van der Waals surface area contributed by atoms with E-state index in [-0.39, 0.29) is 17.2 Å². The van der Waals surface area contributed by atoms with Crippen molar-refractivity contribution in [1.82, 2.24) is 14.5 Å². The molecule has 0 N–H and O–H groups in total. The van der Waals surface area contributed by atoms with Gasteiger partial charge in [0.25, 0.3) is 5.91 Å². The zero-order valence-corrected chi connectivity index (χ0v) is 17.9. The lowest BCUT2D eigenvalue weighted by atomic mass is 9.99. The van der Waals surface area contributed by atoms with Gasteiger partial charge in [0.2, 0.25) is 0 Å². The fourth-order valence-electron chi connectivity index (χ4n) is 3.83. The predicted molar refractivity (Wildman–Crippen MR) is 119 cm³/mol. The van der Waals surface area contributed by atoms with E-state index >= 15 is 0 Å². The van der Waals surface area contributed by atoms with E-state index in [4.69, 9.17) is 4.74 Å². The Morgan fingerprint density at radius 1 is 1.19 bits per heavy atom. The van der Waals surface area contributed by atoms with Crippen LogP contribution in [0, 0.1) is 18.6 Å². The highest BCUT2D eigenvalue weighted by molar-refractivity contribution is 6.02. The molecule has 32 heavy (non-hydrogen) atoms. The fraction of sp³-hybridized carbons (Fsp3) is 0.200. The molecule has 0 unspecified atom stereocenters. The molecule has 1 aromatic heterocycles. The van der Waals surface area contributed by atoms with Crippen LogP contribution in [0.2, 0.25) is 0 Å². The molecule has 0 radical (unpaired) electrons. The first kappa shape index (κ1) is 21.5. The van der Waals surface area contributed by atoms with Gasteiger partial charge in [-0.05, 0) is 55.7 Å². The van der Waals surface area contributed by atoms with E-state index in [2.05, 4.69) is 11.6 Å². The van der Waals surface area contributed by atoms with E-state index in [9.17, 15) is 13.6 Å². The molecule has 1 fully saturated rings. The molecule has 0 atom stereocenters. The smallest absolute Gasteiger partial charge is 0.254 e. The molecule has 2 aromatic carbocycles. The Morgan fingerprint density at radius 3 is 2.59 bits per heavy atom. The minimum atomic E-state index is -0.707. The molecule has 164 valence electrons. The standard InChI is InChI=1S/C25H23F2N3O2/c1-16-14-29(15-28-16)23-7-6-18(10-24(23)32-3)9-19-5-4-8-30(25(19)31)17(2)20-11-21(26)13-22(27)12-20/h6-7,9-15H,2,4-5,8H2,1,3H3/b19-9+. The lowest BCUT2D eigenvalue weighted by molar-refractivity contribution is -0.125. The predicted octanol–water partition coefficient (Wildman–Crippen LogP) is 5.14. The number of ether oxygens (including phenoxy) is 1. The number of carbonyl (C=O) groups excluding carboxylic acids is 1. The van der Waals surface area contributed by atoms with Gasteiger partial charge in [0, 0.05) is 35.6 Å². The van der Waals surface area contributed by atoms with Crippen molar-refractivity contribution in [1.29, 1.82) is 0 Å². The molecule has 1 aliphatic heterocycles. The molecule has 0 spiro atoms. The van der Waals surface area contributed by atoms with Crippen LogP contribution < -0.4 is 4.74 Å². The van der Waals surface area contributed by atoms with Crippen LogP contribution in [0.1, 0.15) is 29.7 Å². The number of aryl methyl sites for hydroxylation is 1. The average Bonchev–Trinajstić information content (AvgIpc) is 3.20. The van der Waals surface area contributed by atoms with Gasteiger partial charge in [-0.3, -0.25) is 4.79 Å². The molecular formula is C25H23F2N3O2. The molecule has 3 aromatic rings. The normalized spacial score (nSPS) is 15.3. The summed E-state index contributed by atoms with van der Waals surface area (Å²) in [5, 5.41) is 0. The van der Waals surface area contributed by atoms with E-state index in [0.29, 0.717) is 24.3 Å². The van der Waals surface area contributed by atoms with Crippen LogP contribution in [0.25, 0.3) is 17.5 Å². The Morgan fingerprint density at radius 2 is 1.94 bits per heavy atom. The number of aromatic nitrogens is 2. The number of hydrogen-bond acceptors (Lipinski definition) is 3. The molecule has 0 bridgehead atoms. The number of amides is 1. The number of carbonyl (C=O) groups is 1. The van der Waals surface area contributed by atoms with E-state index in [1.807, 2.05) is 42.0 Å². The fourth-order valence-corrected chi connectivity index (χ4v) is 3.83. The topological polar surface area (TPSA) is 47.4 Å². The molecule has 7 heteroatoms. The van der Waals surface area contributed by atoms with Crippen molar-refractivity contribution in [2.45, 2.75) is 19.8 Å². The minimum absolute atomic E-state index is 0.223. The maximum atomic E-state index is 13.6. The summed E-state index contributed by atoms with van der Waals surface area (Å²) in [7, 11) is 1.59. The molecular weight excluding hydrogens is 412 g/mol. The lowest BCUT2D eigenvalue weighted by Gasteiger charge is -2.30. The lowest BCUT2D eigenvalue weighted by Crippen LogP contribution is -2.35. The molecule has 1 aliphatic rings. The average molecular weight is 435 g/mol. The molecule has 0 aliphatic carbocycles. The van der Waals surface area contributed by atoms with Gasteiger partial charge >= 0.3 is 0 Å². The summed E-state index contributed by atoms with van der Waals surface area (Å²) in [4.78, 5) is 18.8. The van der Waals surface area contributed by atoms with Crippen LogP contribution in [-0.4, -0.2) is 34.0 Å². The van der Waals surface area contributed by atoms with Gasteiger partial charge in [-0.1, -0.05) is 12.6 Å². The van der Waals surface area contributed by atoms with Gasteiger partial charge in [-0.2, -0.15) is 0 Å². The van der Waals surface area contributed by atoms with Crippen LogP contribution in [0.5, 0.6) is 5.75 Å². The SMILES string of the molecule is C=C(c1cc(F)cc(F)c1)N1CCC/C(=C\c2ccc(-n3cnc(C)c3)c(OC)c2)C1=O. The third-order valence-electron chi connectivity index (χ3n) is 5.40. The van der Waals surface area contributed by atoms with Crippen molar-refractivity contribution in [3.05, 3.63) is 89.5 Å². The highest BCUT2D eigenvalue weighted by atomic mass is 19.1. The second kappa shape index (κ2) is 8.78. The third-order valence-corrected chi connectivity index (χ3v) is 5.40. The largest absolute Gasteiger partial charge is 0.495 e. The molecule has 0 saturated carbocycles. The molecule has 2 heterocycles. The number of rotatable bonds is 5. The minimum Gasteiger partial charge on any atom is -0.495 e. The Labute approximate surface area is 185 Å². The maximum Gasteiger partial charge on any atom is 0.254 e. The van der Waals surface area contributed by atoms with Crippen LogP contribution >= 0.6 is 0 Å². The highest BCUT2D eigenvalue weighted by Gasteiger charge is 2.26. The van der Waals surface area contributed by atoms with Crippen molar-refractivity contribution in [2.24, 2.45) is 0 Å². The number of piperidine rings is 1. The molecule has 4 rings (SSSR count). The van der Waals surface area contributed by atoms with E-state index in [1.54, 1.807) is 13.4 Å². The first-order chi connectivity index (χ1) is 15.4. The van der Waals surface area contributed by atoms with Crippen LogP contribution in [0.4, 0.5) is 8.78 Å². The van der Waals surface area contributed by atoms with Gasteiger partial charge < -0.3 is 14.2 Å². The number of methoxy groups -OCH3 is 1. The third kappa shape index (κ3) is 4.32. The Bertz CT molecular complexity index is 1210. The summed E-state index contributed by atoms with van der Waals surface area (Å²) in [6, 6.07) is 8.83. The maximum absolute atomic E-state index is 13.6. The summed E-state index contributed by atoms with van der Waals surface area (Å²) in [6.45, 7) is 6.26. The van der Waals surface area contributed by atoms with Gasteiger partial charge in [0.05, 0.1) is 24.8 Å². The Balaban J connectivity index is 1.61. The molecule has 1 amide bonds. The summed E-state index contributed by atoms with van der Waals surface area (Å²) in [6.07, 6.45) is 6.76. The van der Waals surface area contributed by atoms with E-state index in [0.717, 1.165) is 29.4 Å². The zero-order chi connectivity index (χ0) is 22.8. The Kier molecular flexibility index (Phi) is 5.90. The first-order valence-corrected chi connectivity index (χ1v) is 10.2. The summed E-state index contributed by atoms with van der Waals surface area (Å²) < 4.78 is 34.7. The summed E-state index contributed by atoms with van der Waals surface area (Å²) >= 11 is 0. The monoisotopic (exact) mass is 435 g/mol. The zero-order valence-electron chi connectivity index (χ0n) is 17.9. The van der Waals surface area contributed by atoms with Crippen molar-refractivity contribution in [3.8, 4) is 11.4 Å². The van der Waals surface area contributed by atoms with E-state index < -0.39 is 11.6 Å². The second-order valence-corrected chi connectivity index (χ2v) is 7.69. The summed E-state index contributed by atoms with van der Waals surface area (Å²) in [5.74, 6) is -0.987. The van der Waals surface area contributed by atoms with Gasteiger partial charge in [0.15, 0.2) is 0 Å². The molecule has 1 saturated heterocycles. The van der Waals surface area contributed by atoms with Crippen molar-refractivity contribution in [3.63, 3.8) is 0 Å². The van der Waals surface area contributed by atoms with Crippen molar-refractivity contribution >= 4 is 17.7 Å². The van der Waals surface area contributed by atoms with Gasteiger partial charge in [-0.15, -0.1) is 0 Å². The van der Waals surface area contributed by atoms with Gasteiger partial charge in [-0.25, -0.2) is 13.8 Å². The highest BCUT2D eigenvalue weighted by Crippen LogP contribution is 2.30. The number of halogens is 2.